The number of carbonyl (C=O) groups excluding carboxylic acids is 2. The van der Waals surface area contributed by atoms with Crippen molar-refractivity contribution in [3.63, 3.8) is 0 Å². The summed E-state index contributed by atoms with van der Waals surface area (Å²) in [7, 11) is 0. The molecule has 0 bridgehead atoms. The average molecular weight is 504 g/mol. The van der Waals surface area contributed by atoms with Gasteiger partial charge in [-0.25, -0.2) is 10.2 Å². The molecule has 108 valence electrons. The Hall–Kier alpha value is -3.08. The number of carbonyl (C=O) groups is 1. The number of benzene rings is 1. The maximum atomic E-state index is 12.1. The van der Waals surface area contributed by atoms with E-state index in [1.54, 1.807) is 6.41 Å². The molecule has 1 heterocycles. The van der Waals surface area contributed by atoms with Crippen LogP contribution in [-0.4, -0.2) is 35.5 Å². The molecule has 1 aliphatic heterocycles. The SMILES string of the molecule is O=[C-]NN(Cc1ccccc1)C(=O)N1CCCN1.[Fm]. The van der Waals surface area contributed by atoms with E-state index in [2.05, 4.69) is 10.9 Å². The Balaban J connectivity index is 0.00000180. The van der Waals surface area contributed by atoms with Gasteiger partial charge in [0.05, 0.1) is 6.54 Å². The molecule has 19 heavy (non-hydrogen) atoms. The van der Waals surface area contributed by atoms with Crippen molar-refractivity contribution in [1.82, 2.24) is 20.9 Å². The van der Waals surface area contributed by atoms with Crippen molar-refractivity contribution in [2.45, 2.75) is 13.0 Å². The van der Waals surface area contributed by atoms with Crippen LogP contribution in [-0.2, 0) is 11.3 Å². The van der Waals surface area contributed by atoms with Gasteiger partial charge in [-0.15, -0.1) is 6.41 Å². The zero-order valence-electron chi connectivity index (χ0n) is 10.2. The Bertz CT molecular complexity index is 409. The minimum absolute atomic E-state index is 0. The summed E-state index contributed by atoms with van der Waals surface area (Å²) in [6.07, 6.45) is 2.46. The van der Waals surface area contributed by atoms with E-state index in [0.717, 1.165) is 18.5 Å². The maximum Gasteiger partial charge on any atom is 0.350 e. The fraction of sp³-hybridized carbons (Fsp3) is 0.333. The first-order valence-corrected chi connectivity index (χ1v) is 5.80. The van der Waals surface area contributed by atoms with Gasteiger partial charge in [0.25, 0.3) is 0 Å². The van der Waals surface area contributed by atoms with Crippen LogP contribution in [0.15, 0.2) is 30.3 Å². The first kappa shape index (κ1) is 14.0. The summed E-state index contributed by atoms with van der Waals surface area (Å²) < 4.78 is 0. The molecular formula is C12H15FmN4O2-. The van der Waals surface area contributed by atoms with Crippen LogP contribution in [0.3, 0.4) is 0 Å². The second-order valence-electron chi connectivity index (χ2n) is 3.98. The molecule has 0 saturated carbocycles. The Morgan fingerprint density at radius 1 is 1.42 bits per heavy atom. The van der Waals surface area contributed by atoms with Gasteiger partial charge in [-0.1, -0.05) is 30.3 Å². The fourth-order valence-electron chi connectivity index (χ4n) is 1.82. The van der Waals surface area contributed by atoms with E-state index in [-0.39, 0.29) is 6.03 Å². The van der Waals surface area contributed by atoms with Crippen molar-refractivity contribution in [2.24, 2.45) is 0 Å². The third-order valence-electron chi connectivity index (χ3n) is 2.69. The molecule has 7 heteroatoms. The van der Waals surface area contributed by atoms with Gasteiger partial charge >= 0.3 is 6.03 Å². The summed E-state index contributed by atoms with van der Waals surface area (Å²) in [5.74, 6) is 0. The summed E-state index contributed by atoms with van der Waals surface area (Å²) in [4.78, 5) is 22.5. The molecule has 0 atom stereocenters. The molecule has 1 fully saturated rings. The van der Waals surface area contributed by atoms with Crippen LogP contribution in [0.2, 0.25) is 0 Å². The Morgan fingerprint density at radius 3 is 2.74 bits per heavy atom. The fourth-order valence-corrected chi connectivity index (χ4v) is 1.82. The van der Waals surface area contributed by atoms with Crippen molar-refractivity contribution in [3.05, 3.63) is 35.9 Å². The largest absolute Gasteiger partial charge is 0.518 e. The molecule has 2 N–H and O–H groups in total. The van der Waals surface area contributed by atoms with E-state index < -0.39 is 0 Å². The Labute approximate surface area is 105 Å². The van der Waals surface area contributed by atoms with Crippen LogP contribution >= 0.6 is 0 Å². The molecule has 3 amide bonds. The van der Waals surface area contributed by atoms with Crippen LogP contribution in [0.4, 0.5) is 4.79 Å². The molecule has 0 aromatic heterocycles. The van der Waals surface area contributed by atoms with E-state index in [1.807, 2.05) is 30.3 Å². The average Bonchev–Trinajstić information content (AvgIpc) is 2.92. The third kappa shape index (κ3) is 3.44. The van der Waals surface area contributed by atoms with E-state index in [4.69, 9.17) is 0 Å². The van der Waals surface area contributed by atoms with E-state index in [1.165, 1.54) is 10.0 Å². The van der Waals surface area contributed by atoms with Gasteiger partial charge in [0.15, 0.2) is 0 Å². The predicted octanol–water partition coefficient (Wildman–Crippen LogP) is 0.391. The van der Waals surface area contributed by atoms with Crippen molar-refractivity contribution in [2.75, 3.05) is 13.1 Å². The van der Waals surface area contributed by atoms with Gasteiger partial charge in [0.2, 0.25) is 0 Å². The van der Waals surface area contributed by atoms with Crippen LogP contribution in [0.5, 0.6) is 0 Å². The minimum Gasteiger partial charge on any atom is -0.518 e. The van der Waals surface area contributed by atoms with Gasteiger partial charge in [-0.3, -0.25) is 10.0 Å². The van der Waals surface area contributed by atoms with Crippen molar-refractivity contribution in [3.8, 4) is 0 Å². The molecule has 1 aromatic rings. The second-order valence-corrected chi connectivity index (χ2v) is 3.98. The standard InChI is InChI=1S/C12H15N4O2.Fm/c17-10-14-16(9-11-5-2-1-3-6-11)12(18)15-8-4-7-13-15;/h1-3,5-6,13H,4,7-9H2,(H,14,17);/q-1;. The van der Waals surface area contributed by atoms with Crippen molar-refractivity contribution < 1.29 is 9.59 Å². The van der Waals surface area contributed by atoms with Crippen molar-refractivity contribution in [1.29, 1.82) is 0 Å². The zero-order valence-corrected chi connectivity index (χ0v) is 12.6. The second kappa shape index (κ2) is 6.61. The number of urea groups is 1. The zero-order chi connectivity index (χ0) is 12.8. The predicted molar refractivity (Wildman–Crippen MR) is 65.5 cm³/mol. The van der Waals surface area contributed by atoms with Crippen molar-refractivity contribution >= 4 is 12.4 Å². The van der Waals surface area contributed by atoms with Gasteiger partial charge in [-0.2, -0.15) is 0 Å². The summed E-state index contributed by atoms with van der Waals surface area (Å²) in [5.41, 5.74) is 6.20. The molecule has 6 nitrogen and oxygen atoms in total. The first-order valence-electron chi connectivity index (χ1n) is 5.80. The summed E-state index contributed by atoms with van der Waals surface area (Å²) in [6.45, 7) is 1.73. The van der Waals surface area contributed by atoms with Gasteiger partial charge in [0.1, 0.15) is 0 Å². The normalized spacial score (nSPS) is 13.6. The minimum atomic E-state index is -0.278. The molecule has 0 aliphatic carbocycles. The smallest absolute Gasteiger partial charge is 0.350 e. The van der Waals surface area contributed by atoms with E-state index >= 15 is 0 Å². The number of hydrogen-bond donors (Lipinski definition) is 2. The van der Waals surface area contributed by atoms with E-state index in [0.29, 0.717) is 13.1 Å². The number of rotatable bonds is 4. The number of amides is 3. The molecule has 1 saturated heterocycles. The summed E-state index contributed by atoms with van der Waals surface area (Å²) in [5, 5.41) is 2.73. The molecule has 1 aromatic carbocycles. The van der Waals surface area contributed by atoms with Gasteiger partial charge in [-0.05, 0) is 12.0 Å². The number of nitrogens with one attached hydrogen (secondary N) is 2. The molecule has 1 aliphatic rings. The number of hydrazine groups is 2. The number of hydrogen-bond acceptors (Lipinski definition) is 3. The monoisotopic (exact) mass is 504 g/mol. The van der Waals surface area contributed by atoms with Gasteiger partial charge in [0, 0.05) is 13.1 Å². The first-order chi connectivity index (χ1) is 8.81. The molecule has 0 radical (unpaired) electrons. The quantitative estimate of drug-likeness (QED) is 0.355. The van der Waals surface area contributed by atoms with Crippen LogP contribution < -0.4 is 10.9 Å². The molecule has 0 unspecified atom stereocenters. The third-order valence-corrected chi connectivity index (χ3v) is 2.69. The number of nitrogens with zero attached hydrogens (tertiary/aromatic N) is 2. The molecule has 2 rings (SSSR count). The Morgan fingerprint density at radius 2 is 2.16 bits per heavy atom. The topological polar surface area (TPSA) is 64.7 Å². The molecular weight excluding hydrogens is 489 g/mol. The van der Waals surface area contributed by atoms with Crippen LogP contribution in [0.1, 0.15) is 12.0 Å². The van der Waals surface area contributed by atoms with Gasteiger partial charge < -0.3 is 10.2 Å². The van der Waals surface area contributed by atoms with E-state index in [9.17, 15) is 9.59 Å². The Kier molecular flexibility index (Phi) is 4.86. The van der Waals surface area contributed by atoms with Crippen LogP contribution in [0.25, 0.3) is 0 Å². The summed E-state index contributed by atoms with van der Waals surface area (Å²) >= 11 is 0. The molecule has 0 spiro atoms. The van der Waals surface area contributed by atoms with Crippen LogP contribution in [0, 0.1) is 0 Å². The summed E-state index contributed by atoms with van der Waals surface area (Å²) in [6, 6.07) is 9.18. The maximum absolute atomic E-state index is 12.1.